The van der Waals surface area contributed by atoms with Crippen molar-refractivity contribution in [1.82, 2.24) is 0 Å². The Kier molecular flexibility index (Phi) is 3.76. The fourth-order valence-electron chi connectivity index (χ4n) is 1.54. The number of rotatable bonds is 1. The number of ether oxygens (including phenoxy) is 1. The summed E-state index contributed by atoms with van der Waals surface area (Å²) in [6.45, 7) is 5.90. The van der Waals surface area contributed by atoms with Gasteiger partial charge in [-0.1, -0.05) is 11.8 Å². The van der Waals surface area contributed by atoms with Crippen LogP contribution >= 0.6 is 0 Å². The van der Waals surface area contributed by atoms with E-state index in [1.165, 1.54) is 0 Å². The summed E-state index contributed by atoms with van der Waals surface area (Å²) in [6, 6.07) is 3.94. The van der Waals surface area contributed by atoms with Crippen LogP contribution in [0.2, 0.25) is 0 Å². The third kappa shape index (κ3) is 3.00. The Bertz CT molecular complexity index is 387. The largest absolute Gasteiger partial charge is 0.496 e. The van der Waals surface area contributed by atoms with Crippen LogP contribution in [0.3, 0.4) is 0 Å². The molecule has 0 amide bonds. The number of nitrogens with two attached hydrogens (primary N) is 1. The highest BCUT2D eigenvalue weighted by atomic mass is 16.5. The molecule has 0 bridgehead atoms. The van der Waals surface area contributed by atoms with E-state index < -0.39 is 0 Å². The molecule has 2 N–H and O–H groups in total. The first-order valence-electron chi connectivity index (χ1n) is 4.97. The number of hydrogen-bond acceptors (Lipinski definition) is 2. The van der Waals surface area contributed by atoms with Crippen molar-refractivity contribution in [2.75, 3.05) is 7.11 Å². The van der Waals surface area contributed by atoms with Gasteiger partial charge in [0.2, 0.25) is 0 Å². The van der Waals surface area contributed by atoms with Crippen molar-refractivity contribution in [3.63, 3.8) is 0 Å². The number of methoxy groups -OCH3 is 1. The van der Waals surface area contributed by atoms with Gasteiger partial charge in [-0.05, 0) is 44.0 Å². The zero-order valence-electron chi connectivity index (χ0n) is 9.72. The maximum atomic E-state index is 5.57. The van der Waals surface area contributed by atoms with Gasteiger partial charge in [-0.25, -0.2) is 0 Å². The lowest BCUT2D eigenvalue weighted by Gasteiger charge is -2.08. The molecule has 1 rings (SSSR count). The van der Waals surface area contributed by atoms with Gasteiger partial charge < -0.3 is 10.5 Å². The summed E-state index contributed by atoms with van der Waals surface area (Å²) in [6.07, 6.45) is 0. The smallest absolute Gasteiger partial charge is 0.124 e. The Morgan fingerprint density at radius 3 is 2.20 bits per heavy atom. The molecular weight excluding hydrogens is 186 g/mol. The molecule has 1 aromatic carbocycles. The van der Waals surface area contributed by atoms with E-state index in [1.54, 1.807) is 7.11 Å². The molecule has 0 fully saturated rings. The van der Waals surface area contributed by atoms with Gasteiger partial charge in [-0.2, -0.15) is 0 Å². The second-order valence-electron chi connectivity index (χ2n) is 3.70. The monoisotopic (exact) mass is 203 g/mol. The molecule has 80 valence electrons. The second-order valence-corrected chi connectivity index (χ2v) is 3.70. The molecule has 1 atom stereocenters. The summed E-state index contributed by atoms with van der Waals surface area (Å²) in [5.74, 6) is 6.92. The van der Waals surface area contributed by atoms with Gasteiger partial charge in [0.05, 0.1) is 13.2 Å². The van der Waals surface area contributed by atoms with E-state index in [9.17, 15) is 0 Å². The molecule has 0 aliphatic heterocycles. The van der Waals surface area contributed by atoms with Gasteiger partial charge in [0, 0.05) is 5.56 Å². The minimum absolute atomic E-state index is 0.0901. The Morgan fingerprint density at radius 1 is 1.27 bits per heavy atom. The van der Waals surface area contributed by atoms with Gasteiger partial charge in [-0.15, -0.1) is 0 Å². The van der Waals surface area contributed by atoms with E-state index >= 15 is 0 Å². The molecule has 0 aromatic heterocycles. The normalized spacial score (nSPS) is 11.5. The predicted molar refractivity (Wildman–Crippen MR) is 63.0 cm³/mol. The summed E-state index contributed by atoms with van der Waals surface area (Å²) in [4.78, 5) is 0. The molecule has 0 aliphatic rings. The number of aryl methyl sites for hydroxylation is 2. The third-order valence-electron chi connectivity index (χ3n) is 2.11. The van der Waals surface area contributed by atoms with Crippen LogP contribution in [0.1, 0.15) is 23.6 Å². The first kappa shape index (κ1) is 11.6. The van der Waals surface area contributed by atoms with Crippen LogP contribution in [0.15, 0.2) is 12.1 Å². The molecule has 1 unspecified atom stereocenters. The maximum absolute atomic E-state index is 5.57. The summed E-state index contributed by atoms with van der Waals surface area (Å²) < 4.78 is 5.28. The maximum Gasteiger partial charge on any atom is 0.124 e. The fraction of sp³-hybridized carbons (Fsp3) is 0.385. The highest BCUT2D eigenvalue weighted by Crippen LogP contribution is 2.23. The zero-order chi connectivity index (χ0) is 11.4. The van der Waals surface area contributed by atoms with Crippen molar-refractivity contribution in [3.05, 3.63) is 28.8 Å². The lowest BCUT2D eigenvalue weighted by molar-refractivity contribution is 0.408. The molecule has 0 spiro atoms. The molecule has 0 aliphatic carbocycles. The topological polar surface area (TPSA) is 35.2 Å². The highest BCUT2D eigenvalue weighted by molar-refractivity contribution is 5.48. The zero-order valence-corrected chi connectivity index (χ0v) is 9.72. The standard InChI is InChI=1S/C13H17NO/c1-9-7-12(6-5-11(3)14)8-10(2)13(9)15-4/h7-8,11H,14H2,1-4H3. The molecule has 2 heteroatoms. The average Bonchev–Trinajstić information content (AvgIpc) is 2.14. The highest BCUT2D eigenvalue weighted by Gasteiger charge is 2.03. The molecule has 0 heterocycles. The van der Waals surface area contributed by atoms with E-state index in [1.807, 2.05) is 32.9 Å². The Morgan fingerprint density at radius 2 is 1.80 bits per heavy atom. The van der Waals surface area contributed by atoms with Crippen LogP contribution < -0.4 is 10.5 Å². The quantitative estimate of drug-likeness (QED) is 0.709. The summed E-state index contributed by atoms with van der Waals surface area (Å²) >= 11 is 0. The van der Waals surface area contributed by atoms with E-state index in [-0.39, 0.29) is 6.04 Å². The molecular formula is C13H17NO. The van der Waals surface area contributed by atoms with Gasteiger partial charge >= 0.3 is 0 Å². The van der Waals surface area contributed by atoms with Crippen molar-refractivity contribution in [1.29, 1.82) is 0 Å². The van der Waals surface area contributed by atoms with Crippen LogP contribution in [-0.4, -0.2) is 13.2 Å². The predicted octanol–water partition coefficient (Wildman–Crippen LogP) is 2.01. The van der Waals surface area contributed by atoms with Gasteiger partial charge in [0.25, 0.3) is 0 Å². The van der Waals surface area contributed by atoms with E-state index in [0.717, 1.165) is 22.4 Å². The Balaban J connectivity index is 3.11. The van der Waals surface area contributed by atoms with Crippen LogP contribution in [0, 0.1) is 25.7 Å². The average molecular weight is 203 g/mol. The SMILES string of the molecule is COc1c(C)cc(C#CC(C)N)cc1C. The summed E-state index contributed by atoms with van der Waals surface area (Å²) in [5, 5.41) is 0. The minimum Gasteiger partial charge on any atom is -0.496 e. The van der Waals surface area contributed by atoms with Gasteiger partial charge in [0.15, 0.2) is 0 Å². The molecule has 0 saturated heterocycles. The van der Waals surface area contributed by atoms with Crippen molar-refractivity contribution >= 4 is 0 Å². The van der Waals surface area contributed by atoms with E-state index in [4.69, 9.17) is 10.5 Å². The van der Waals surface area contributed by atoms with E-state index in [0.29, 0.717) is 0 Å². The Labute approximate surface area is 91.4 Å². The van der Waals surface area contributed by atoms with Crippen molar-refractivity contribution in [2.24, 2.45) is 5.73 Å². The van der Waals surface area contributed by atoms with Crippen molar-refractivity contribution < 1.29 is 4.74 Å². The second kappa shape index (κ2) is 4.86. The lowest BCUT2D eigenvalue weighted by atomic mass is 10.1. The first-order chi connectivity index (χ1) is 7.04. The molecule has 0 radical (unpaired) electrons. The molecule has 2 nitrogen and oxygen atoms in total. The molecule has 15 heavy (non-hydrogen) atoms. The minimum atomic E-state index is -0.0901. The lowest BCUT2D eigenvalue weighted by Crippen LogP contribution is -2.10. The first-order valence-corrected chi connectivity index (χ1v) is 4.97. The van der Waals surface area contributed by atoms with Gasteiger partial charge in [0.1, 0.15) is 5.75 Å². The fourth-order valence-corrected chi connectivity index (χ4v) is 1.54. The molecule has 1 aromatic rings. The summed E-state index contributed by atoms with van der Waals surface area (Å²) in [7, 11) is 1.68. The van der Waals surface area contributed by atoms with Crippen LogP contribution in [0.4, 0.5) is 0 Å². The summed E-state index contributed by atoms with van der Waals surface area (Å²) in [5.41, 5.74) is 8.77. The van der Waals surface area contributed by atoms with E-state index in [2.05, 4.69) is 11.8 Å². The third-order valence-corrected chi connectivity index (χ3v) is 2.11. The van der Waals surface area contributed by atoms with Gasteiger partial charge in [-0.3, -0.25) is 0 Å². The van der Waals surface area contributed by atoms with Crippen LogP contribution in [-0.2, 0) is 0 Å². The number of hydrogen-bond donors (Lipinski definition) is 1. The van der Waals surface area contributed by atoms with Crippen molar-refractivity contribution in [3.8, 4) is 17.6 Å². The Hall–Kier alpha value is -1.46. The van der Waals surface area contributed by atoms with Crippen LogP contribution in [0.25, 0.3) is 0 Å². The molecule has 0 saturated carbocycles. The number of benzene rings is 1. The van der Waals surface area contributed by atoms with Crippen molar-refractivity contribution in [2.45, 2.75) is 26.8 Å². The van der Waals surface area contributed by atoms with Crippen LogP contribution in [0.5, 0.6) is 5.75 Å².